The van der Waals surface area contributed by atoms with Crippen LogP contribution < -0.4 is 5.32 Å². The van der Waals surface area contributed by atoms with Gasteiger partial charge in [0, 0.05) is 11.6 Å². The van der Waals surface area contributed by atoms with E-state index >= 15 is 0 Å². The molecule has 152 valence electrons. The minimum Gasteiger partial charge on any atom is -0.457 e. The molecule has 1 aliphatic heterocycles. The van der Waals surface area contributed by atoms with Crippen LogP contribution in [0.1, 0.15) is 16.9 Å². The summed E-state index contributed by atoms with van der Waals surface area (Å²) in [6.45, 7) is 0.122. The van der Waals surface area contributed by atoms with E-state index < -0.39 is 23.7 Å². The number of carbonyl (C=O) groups is 2. The molecule has 3 aromatic rings. The van der Waals surface area contributed by atoms with Gasteiger partial charge >= 0.3 is 12.2 Å². The molecule has 1 aliphatic rings. The third kappa shape index (κ3) is 3.98. The number of hydrogen-bond acceptors (Lipinski definition) is 3. The summed E-state index contributed by atoms with van der Waals surface area (Å²) in [5.74, 6) is -0.0700. The highest BCUT2D eigenvalue weighted by atomic mass is 19.4. The number of nitrogens with one attached hydrogen (secondary N) is 1. The van der Waals surface area contributed by atoms with Crippen molar-refractivity contribution in [3.63, 3.8) is 0 Å². The van der Waals surface area contributed by atoms with Crippen molar-refractivity contribution in [1.29, 1.82) is 0 Å². The molecule has 0 saturated carbocycles. The number of imide groups is 1. The molecular weight excluding hydrogens is 397 g/mol. The van der Waals surface area contributed by atoms with E-state index in [1.54, 1.807) is 12.1 Å². The second-order valence-electron chi connectivity index (χ2n) is 6.65. The van der Waals surface area contributed by atoms with E-state index in [1.807, 2.05) is 18.2 Å². The van der Waals surface area contributed by atoms with Gasteiger partial charge in [-0.3, -0.25) is 9.69 Å². The molecule has 1 aromatic heterocycles. The average Bonchev–Trinajstić information content (AvgIpc) is 3.29. The fraction of sp³-hybridized carbons (Fsp3) is 0.0909. The van der Waals surface area contributed by atoms with Crippen LogP contribution in [0.3, 0.4) is 0 Å². The van der Waals surface area contributed by atoms with Crippen LogP contribution >= 0.6 is 0 Å². The summed E-state index contributed by atoms with van der Waals surface area (Å²) in [5.41, 5.74) is 0.293. The quantitative estimate of drug-likeness (QED) is 0.481. The van der Waals surface area contributed by atoms with Gasteiger partial charge in [0.05, 0.1) is 12.1 Å². The summed E-state index contributed by atoms with van der Waals surface area (Å²) in [6.07, 6.45) is -3.11. The summed E-state index contributed by atoms with van der Waals surface area (Å²) in [5, 5.41) is 2.49. The lowest BCUT2D eigenvalue weighted by Crippen LogP contribution is -2.30. The Bertz CT molecular complexity index is 1130. The van der Waals surface area contributed by atoms with Gasteiger partial charge in [-0.2, -0.15) is 13.2 Å². The Labute approximate surface area is 169 Å². The Morgan fingerprint density at radius 2 is 1.73 bits per heavy atom. The lowest BCUT2D eigenvalue weighted by atomic mass is 10.1. The van der Waals surface area contributed by atoms with E-state index in [1.165, 1.54) is 30.3 Å². The van der Waals surface area contributed by atoms with Gasteiger partial charge < -0.3 is 9.73 Å². The SMILES string of the molecule is O=C1N/C(=C/c2ccc(-c3cccc(C(F)(F)F)c3)o2)C(=O)N1Cc1ccccc1. The largest absolute Gasteiger partial charge is 0.457 e. The molecule has 30 heavy (non-hydrogen) atoms. The van der Waals surface area contributed by atoms with Gasteiger partial charge in [-0.25, -0.2) is 4.79 Å². The molecule has 0 spiro atoms. The highest BCUT2D eigenvalue weighted by molar-refractivity contribution is 6.13. The zero-order valence-electron chi connectivity index (χ0n) is 15.4. The van der Waals surface area contributed by atoms with Gasteiger partial charge in [0.2, 0.25) is 0 Å². The van der Waals surface area contributed by atoms with Crippen LogP contribution in [0.5, 0.6) is 0 Å². The number of furan rings is 1. The van der Waals surface area contributed by atoms with E-state index in [0.29, 0.717) is 0 Å². The second kappa shape index (κ2) is 7.55. The maximum atomic E-state index is 12.9. The van der Waals surface area contributed by atoms with Gasteiger partial charge in [-0.1, -0.05) is 42.5 Å². The number of nitrogens with zero attached hydrogens (tertiary/aromatic N) is 1. The lowest BCUT2D eigenvalue weighted by Gasteiger charge is -2.11. The molecule has 5 nitrogen and oxygen atoms in total. The van der Waals surface area contributed by atoms with Gasteiger partial charge in [-0.05, 0) is 29.8 Å². The van der Waals surface area contributed by atoms with Crippen LogP contribution in [-0.2, 0) is 17.5 Å². The van der Waals surface area contributed by atoms with E-state index in [2.05, 4.69) is 5.32 Å². The summed E-state index contributed by atoms with van der Waals surface area (Å²) in [4.78, 5) is 25.8. The molecular formula is C22H15F3N2O3. The van der Waals surface area contributed by atoms with E-state index in [4.69, 9.17) is 4.42 Å². The predicted octanol–water partition coefficient (Wildman–Crippen LogP) is 5.06. The van der Waals surface area contributed by atoms with Crippen LogP contribution in [0.25, 0.3) is 17.4 Å². The number of hydrogen-bond donors (Lipinski definition) is 1. The first-order valence-corrected chi connectivity index (χ1v) is 8.97. The molecule has 0 atom stereocenters. The first-order valence-electron chi connectivity index (χ1n) is 8.97. The zero-order chi connectivity index (χ0) is 21.3. The zero-order valence-corrected chi connectivity index (χ0v) is 15.4. The standard InChI is InChI=1S/C22H15F3N2O3/c23-22(24,25)16-8-4-7-15(11-16)19-10-9-17(30-19)12-18-20(28)27(21(29)26-18)13-14-5-2-1-3-6-14/h1-12H,13H2,(H,26,29)/b18-12+. The fourth-order valence-corrected chi connectivity index (χ4v) is 3.06. The first-order chi connectivity index (χ1) is 14.3. The third-order valence-electron chi connectivity index (χ3n) is 4.53. The van der Waals surface area contributed by atoms with Crippen molar-refractivity contribution in [3.8, 4) is 11.3 Å². The van der Waals surface area contributed by atoms with Crippen molar-refractivity contribution < 1.29 is 27.2 Å². The fourth-order valence-electron chi connectivity index (χ4n) is 3.06. The van der Waals surface area contributed by atoms with E-state index in [9.17, 15) is 22.8 Å². The number of rotatable bonds is 4. The molecule has 0 bridgehead atoms. The number of carbonyl (C=O) groups excluding carboxylic acids is 2. The third-order valence-corrected chi connectivity index (χ3v) is 4.53. The highest BCUT2D eigenvalue weighted by Gasteiger charge is 2.34. The van der Waals surface area contributed by atoms with Gasteiger partial charge in [-0.15, -0.1) is 0 Å². The number of alkyl halides is 3. The smallest absolute Gasteiger partial charge is 0.416 e. The molecule has 3 amide bonds. The molecule has 8 heteroatoms. The normalized spacial score (nSPS) is 15.7. The van der Waals surface area contributed by atoms with Gasteiger partial charge in [0.25, 0.3) is 5.91 Å². The van der Waals surface area contributed by atoms with Gasteiger partial charge in [0.1, 0.15) is 17.2 Å². The molecule has 2 heterocycles. The van der Waals surface area contributed by atoms with Crippen molar-refractivity contribution >= 4 is 18.0 Å². The van der Waals surface area contributed by atoms with Crippen molar-refractivity contribution in [1.82, 2.24) is 10.2 Å². The number of benzene rings is 2. The van der Waals surface area contributed by atoms with Crippen molar-refractivity contribution in [2.75, 3.05) is 0 Å². The first kappa shape index (κ1) is 19.5. The Morgan fingerprint density at radius 1 is 0.967 bits per heavy atom. The molecule has 1 fully saturated rings. The highest BCUT2D eigenvalue weighted by Crippen LogP contribution is 2.33. The molecule has 1 N–H and O–H groups in total. The van der Waals surface area contributed by atoms with Gasteiger partial charge in [0.15, 0.2) is 0 Å². The Balaban J connectivity index is 1.55. The summed E-state index contributed by atoms with van der Waals surface area (Å²) < 4.78 is 44.3. The molecule has 4 rings (SSSR count). The maximum Gasteiger partial charge on any atom is 0.416 e. The van der Waals surface area contributed by atoms with Crippen LogP contribution in [0.2, 0.25) is 0 Å². The van der Waals surface area contributed by atoms with Crippen molar-refractivity contribution in [3.05, 3.63) is 89.3 Å². The summed E-state index contributed by atoms with van der Waals surface area (Å²) >= 11 is 0. The van der Waals surface area contributed by atoms with Crippen molar-refractivity contribution in [2.24, 2.45) is 0 Å². The Morgan fingerprint density at radius 3 is 2.47 bits per heavy atom. The number of urea groups is 1. The number of halogens is 3. The van der Waals surface area contributed by atoms with Crippen LogP contribution in [0.15, 0.2) is 76.8 Å². The average molecular weight is 412 g/mol. The molecule has 0 aliphatic carbocycles. The maximum absolute atomic E-state index is 12.9. The van der Waals surface area contributed by atoms with Crippen LogP contribution in [0, 0.1) is 0 Å². The van der Waals surface area contributed by atoms with Crippen LogP contribution in [-0.4, -0.2) is 16.8 Å². The number of amides is 3. The summed E-state index contributed by atoms with van der Waals surface area (Å²) in [7, 11) is 0. The summed E-state index contributed by atoms with van der Waals surface area (Å²) in [6, 6.07) is 16.3. The Kier molecular flexibility index (Phi) is 4.91. The second-order valence-corrected chi connectivity index (χ2v) is 6.65. The van der Waals surface area contributed by atoms with E-state index in [0.717, 1.165) is 22.6 Å². The minimum absolute atomic E-state index is 0.0286. The molecule has 0 radical (unpaired) electrons. The minimum atomic E-state index is -4.46. The van der Waals surface area contributed by atoms with E-state index in [-0.39, 0.29) is 29.3 Å². The van der Waals surface area contributed by atoms with Crippen molar-refractivity contribution in [2.45, 2.75) is 12.7 Å². The van der Waals surface area contributed by atoms with Crippen LogP contribution in [0.4, 0.5) is 18.0 Å². The molecule has 1 saturated heterocycles. The molecule has 0 unspecified atom stereocenters. The topological polar surface area (TPSA) is 62.6 Å². The predicted molar refractivity (Wildman–Crippen MR) is 103 cm³/mol. The molecule has 2 aromatic carbocycles. The Hall–Kier alpha value is -3.81. The monoisotopic (exact) mass is 412 g/mol. The lowest BCUT2D eigenvalue weighted by molar-refractivity contribution is -0.137.